The molecule has 1 aromatic carbocycles. The molecule has 0 aliphatic heterocycles. The fourth-order valence-electron chi connectivity index (χ4n) is 2.46. The second-order valence-corrected chi connectivity index (χ2v) is 7.19. The highest BCUT2D eigenvalue weighted by Crippen LogP contribution is 2.51. The van der Waals surface area contributed by atoms with Crippen molar-refractivity contribution in [2.75, 3.05) is 13.2 Å². The Kier molecular flexibility index (Phi) is 5.61. The van der Waals surface area contributed by atoms with Gasteiger partial charge in [0.25, 0.3) is 0 Å². The summed E-state index contributed by atoms with van der Waals surface area (Å²) in [6, 6.07) is 2.83. The van der Waals surface area contributed by atoms with Crippen molar-refractivity contribution in [1.82, 2.24) is 5.32 Å². The van der Waals surface area contributed by atoms with Gasteiger partial charge in [-0.3, -0.25) is 0 Å². The van der Waals surface area contributed by atoms with Crippen molar-refractivity contribution in [2.24, 2.45) is 5.92 Å². The fourth-order valence-corrected chi connectivity index (χ4v) is 2.63. The highest BCUT2D eigenvalue weighted by atomic mass is 35.5. The van der Waals surface area contributed by atoms with Crippen LogP contribution in [0.15, 0.2) is 12.1 Å². The number of hydrogen-bond acceptors (Lipinski definition) is 3. The fraction of sp³-hybridized carbons (Fsp3) is 0.500. The highest BCUT2D eigenvalue weighted by molar-refractivity contribution is 6.30. The maximum absolute atomic E-state index is 13.6. The second-order valence-electron chi connectivity index (χ2n) is 6.78. The van der Waals surface area contributed by atoms with E-state index >= 15 is 0 Å². The van der Waals surface area contributed by atoms with Gasteiger partial charge in [0.05, 0.1) is 5.02 Å². The molecule has 6 heteroatoms. The second kappa shape index (κ2) is 7.31. The van der Waals surface area contributed by atoms with Gasteiger partial charge in [0.15, 0.2) is 0 Å². The van der Waals surface area contributed by atoms with Crippen molar-refractivity contribution in [1.29, 1.82) is 0 Å². The van der Waals surface area contributed by atoms with Crippen LogP contribution >= 0.6 is 11.6 Å². The predicted molar refractivity (Wildman–Crippen MR) is 90.8 cm³/mol. The van der Waals surface area contributed by atoms with Crippen LogP contribution in [-0.4, -0.2) is 24.8 Å². The number of nitrogens with one attached hydrogen (secondary N) is 1. The number of alkyl carbamates (subject to hydrolysis) is 1. The summed E-state index contributed by atoms with van der Waals surface area (Å²) in [5.74, 6) is 2.59. The van der Waals surface area contributed by atoms with E-state index in [4.69, 9.17) is 27.5 Å². The summed E-state index contributed by atoms with van der Waals surface area (Å²) in [5, 5.41) is 2.79. The van der Waals surface area contributed by atoms with Crippen molar-refractivity contribution in [3.63, 3.8) is 0 Å². The molecule has 0 heterocycles. The zero-order chi connectivity index (χ0) is 17.9. The average molecular weight is 354 g/mol. The Morgan fingerprint density at radius 1 is 1.50 bits per heavy atom. The van der Waals surface area contributed by atoms with Gasteiger partial charge in [-0.1, -0.05) is 17.5 Å². The Morgan fingerprint density at radius 3 is 2.83 bits per heavy atom. The summed E-state index contributed by atoms with van der Waals surface area (Å²) in [5.41, 5.74) is 0.279. The zero-order valence-corrected chi connectivity index (χ0v) is 14.7. The smallest absolute Gasteiger partial charge is 0.407 e. The molecule has 1 aromatic rings. The molecule has 1 aliphatic carbocycles. The molecule has 4 nitrogen and oxygen atoms in total. The summed E-state index contributed by atoms with van der Waals surface area (Å²) in [7, 11) is 0. The molecule has 0 aromatic heterocycles. The number of benzene rings is 1. The maximum Gasteiger partial charge on any atom is 0.407 e. The molecule has 1 fully saturated rings. The van der Waals surface area contributed by atoms with Crippen LogP contribution in [0.4, 0.5) is 9.18 Å². The van der Waals surface area contributed by atoms with Gasteiger partial charge in [-0.15, -0.1) is 6.42 Å². The van der Waals surface area contributed by atoms with E-state index < -0.39 is 17.5 Å². The first-order valence-electron chi connectivity index (χ1n) is 7.73. The molecule has 1 saturated carbocycles. The van der Waals surface area contributed by atoms with Gasteiger partial charge < -0.3 is 14.8 Å². The topological polar surface area (TPSA) is 47.6 Å². The van der Waals surface area contributed by atoms with Crippen LogP contribution in [0.1, 0.15) is 38.7 Å². The SMILES string of the molecule is C#CCOc1cc(F)c(Cl)cc1C1CC1CNC(=O)OC(C)(C)C. The molecular formula is C18H21ClFNO3. The van der Waals surface area contributed by atoms with E-state index in [1.165, 1.54) is 6.07 Å². The van der Waals surface area contributed by atoms with Crippen molar-refractivity contribution in [2.45, 2.75) is 38.7 Å². The van der Waals surface area contributed by atoms with Gasteiger partial charge in [-0.05, 0) is 50.7 Å². The lowest BCUT2D eigenvalue weighted by atomic mass is 10.1. The lowest BCUT2D eigenvalue weighted by Crippen LogP contribution is -2.33. The van der Waals surface area contributed by atoms with Crippen molar-refractivity contribution < 1.29 is 18.7 Å². The van der Waals surface area contributed by atoms with Crippen molar-refractivity contribution in [3.8, 4) is 18.1 Å². The molecule has 0 spiro atoms. The maximum atomic E-state index is 13.6. The van der Waals surface area contributed by atoms with Gasteiger partial charge in [0.1, 0.15) is 23.8 Å². The number of carbonyl (C=O) groups excluding carboxylic acids is 1. The minimum absolute atomic E-state index is 0.0452. The van der Waals surface area contributed by atoms with E-state index in [1.54, 1.807) is 6.07 Å². The Balaban J connectivity index is 1.98. The largest absolute Gasteiger partial charge is 0.481 e. The number of rotatable bonds is 5. The summed E-state index contributed by atoms with van der Waals surface area (Å²) in [6.45, 7) is 5.96. The first-order valence-corrected chi connectivity index (χ1v) is 8.11. The standard InChI is InChI=1S/C18H21ClFNO3/c1-5-6-23-16-9-15(20)14(19)8-13(16)12-7-11(12)10-21-17(22)24-18(2,3)4/h1,8-9,11-12H,6-7,10H2,2-4H3,(H,21,22). The lowest BCUT2D eigenvalue weighted by Gasteiger charge is -2.19. The number of hydrogen-bond donors (Lipinski definition) is 1. The third-order valence-corrected chi connectivity index (χ3v) is 3.88. The number of amides is 1. The summed E-state index contributed by atoms with van der Waals surface area (Å²) in [4.78, 5) is 11.7. The van der Waals surface area contributed by atoms with E-state index in [-0.39, 0.29) is 23.5 Å². The van der Waals surface area contributed by atoms with Crippen LogP contribution in [0, 0.1) is 24.1 Å². The third kappa shape index (κ3) is 5.04. The predicted octanol–water partition coefficient (Wildman–Crippen LogP) is 4.12. The Morgan fingerprint density at radius 2 is 2.21 bits per heavy atom. The van der Waals surface area contributed by atoms with Crippen molar-refractivity contribution >= 4 is 17.7 Å². The number of carbonyl (C=O) groups is 1. The van der Waals surface area contributed by atoms with E-state index in [0.717, 1.165) is 12.0 Å². The molecule has 1 N–H and O–H groups in total. The van der Waals surface area contributed by atoms with Crippen LogP contribution in [0.25, 0.3) is 0 Å². The Bertz CT molecular complexity index is 663. The summed E-state index contributed by atoms with van der Waals surface area (Å²) < 4.78 is 24.3. The average Bonchev–Trinajstić information content (AvgIpc) is 3.23. The quantitative estimate of drug-likeness (QED) is 0.810. The van der Waals surface area contributed by atoms with Crippen LogP contribution in [-0.2, 0) is 4.74 Å². The first kappa shape index (κ1) is 18.4. The van der Waals surface area contributed by atoms with Crippen LogP contribution < -0.4 is 10.1 Å². The van der Waals surface area contributed by atoms with Crippen LogP contribution in [0.2, 0.25) is 5.02 Å². The van der Waals surface area contributed by atoms with Gasteiger partial charge in [-0.2, -0.15) is 0 Å². The van der Waals surface area contributed by atoms with Gasteiger partial charge >= 0.3 is 6.09 Å². The summed E-state index contributed by atoms with van der Waals surface area (Å²) in [6.07, 6.45) is 5.59. The zero-order valence-electron chi connectivity index (χ0n) is 14.0. The Labute approximate surface area is 146 Å². The highest BCUT2D eigenvalue weighted by Gasteiger charge is 2.40. The van der Waals surface area contributed by atoms with Crippen LogP contribution in [0.3, 0.4) is 0 Å². The number of halogens is 2. The molecular weight excluding hydrogens is 333 g/mol. The number of terminal acetylenes is 1. The molecule has 2 unspecified atom stereocenters. The van der Waals surface area contributed by atoms with E-state index in [9.17, 15) is 9.18 Å². The molecule has 130 valence electrons. The van der Waals surface area contributed by atoms with E-state index in [2.05, 4.69) is 11.2 Å². The lowest BCUT2D eigenvalue weighted by molar-refractivity contribution is 0.0525. The molecule has 2 atom stereocenters. The van der Waals surface area contributed by atoms with E-state index in [0.29, 0.717) is 12.3 Å². The third-order valence-electron chi connectivity index (χ3n) is 3.59. The molecule has 0 saturated heterocycles. The van der Waals surface area contributed by atoms with Crippen LogP contribution in [0.5, 0.6) is 5.75 Å². The minimum atomic E-state index is -0.545. The number of ether oxygens (including phenoxy) is 2. The molecule has 1 aliphatic rings. The van der Waals surface area contributed by atoms with Gasteiger partial charge in [-0.25, -0.2) is 9.18 Å². The molecule has 0 radical (unpaired) electrons. The Hall–Kier alpha value is -1.93. The molecule has 1 amide bonds. The molecule has 0 bridgehead atoms. The normalized spacial score (nSPS) is 19.3. The van der Waals surface area contributed by atoms with Crippen molar-refractivity contribution in [3.05, 3.63) is 28.5 Å². The van der Waals surface area contributed by atoms with Gasteiger partial charge in [0.2, 0.25) is 0 Å². The summed E-state index contributed by atoms with van der Waals surface area (Å²) >= 11 is 5.88. The minimum Gasteiger partial charge on any atom is -0.481 e. The molecule has 2 rings (SSSR count). The molecule has 24 heavy (non-hydrogen) atoms. The monoisotopic (exact) mass is 353 g/mol. The first-order chi connectivity index (χ1) is 11.2. The van der Waals surface area contributed by atoms with E-state index in [1.807, 2.05) is 20.8 Å². The van der Waals surface area contributed by atoms with Gasteiger partial charge in [0, 0.05) is 12.6 Å².